The fourth-order valence-corrected chi connectivity index (χ4v) is 3.31. The van der Waals surface area contributed by atoms with Crippen molar-refractivity contribution in [1.29, 1.82) is 0 Å². The number of rotatable bonds is 5. The molecule has 0 bridgehead atoms. The number of nitrogens with one attached hydrogen (secondary N) is 1. The van der Waals surface area contributed by atoms with E-state index in [1.807, 2.05) is 4.90 Å². The van der Waals surface area contributed by atoms with Crippen LogP contribution in [0.2, 0.25) is 0 Å². The summed E-state index contributed by atoms with van der Waals surface area (Å²) >= 11 is 0. The van der Waals surface area contributed by atoms with Crippen LogP contribution in [-0.4, -0.2) is 49.6 Å². The first-order chi connectivity index (χ1) is 10.3. The highest BCUT2D eigenvalue weighted by Crippen LogP contribution is 2.19. The maximum Gasteiger partial charge on any atom is 0.223 e. The fourth-order valence-electron chi connectivity index (χ4n) is 3.31. The summed E-state index contributed by atoms with van der Waals surface area (Å²) in [6.45, 7) is 4.88. The molecule has 3 rings (SSSR count). The first kappa shape index (κ1) is 14.4. The first-order valence-corrected chi connectivity index (χ1v) is 8.14. The number of nitrogens with zero attached hydrogens (tertiary/aromatic N) is 2. The highest BCUT2D eigenvalue weighted by Gasteiger charge is 2.23. The van der Waals surface area contributed by atoms with Gasteiger partial charge in [-0.2, -0.15) is 0 Å². The van der Waals surface area contributed by atoms with Crippen molar-refractivity contribution in [2.45, 2.75) is 31.7 Å². The molecule has 0 spiro atoms. The number of carbonyl (C=O) groups excluding carboxylic acids is 1. The third kappa shape index (κ3) is 3.76. The summed E-state index contributed by atoms with van der Waals surface area (Å²) in [6.07, 6.45) is 4.15. The number of para-hydroxylation sites is 1. The van der Waals surface area contributed by atoms with Crippen molar-refractivity contribution < 1.29 is 4.79 Å². The Hall–Kier alpha value is -1.55. The zero-order valence-corrected chi connectivity index (χ0v) is 12.6. The predicted molar refractivity (Wildman–Crippen MR) is 85.5 cm³/mol. The van der Waals surface area contributed by atoms with Crippen LogP contribution in [0.15, 0.2) is 30.3 Å². The lowest BCUT2D eigenvalue weighted by molar-refractivity contribution is -0.130. The summed E-state index contributed by atoms with van der Waals surface area (Å²) in [5.74, 6) is 0.318. The minimum Gasteiger partial charge on any atom is -0.370 e. The van der Waals surface area contributed by atoms with E-state index in [-0.39, 0.29) is 0 Å². The van der Waals surface area contributed by atoms with Crippen LogP contribution >= 0.6 is 0 Å². The Morgan fingerprint density at radius 3 is 2.67 bits per heavy atom. The van der Waals surface area contributed by atoms with Crippen LogP contribution in [0.1, 0.15) is 25.7 Å². The zero-order chi connectivity index (χ0) is 14.5. The molecule has 2 aliphatic heterocycles. The highest BCUT2D eigenvalue weighted by molar-refractivity contribution is 5.76. The lowest BCUT2D eigenvalue weighted by Gasteiger charge is -2.19. The second-order valence-corrected chi connectivity index (χ2v) is 6.06. The second-order valence-electron chi connectivity index (χ2n) is 6.06. The van der Waals surface area contributed by atoms with Gasteiger partial charge in [-0.1, -0.05) is 18.2 Å². The zero-order valence-electron chi connectivity index (χ0n) is 12.6. The minimum atomic E-state index is 0.318. The Bertz CT molecular complexity index is 456. The molecule has 1 N–H and O–H groups in total. The molecule has 114 valence electrons. The van der Waals surface area contributed by atoms with Gasteiger partial charge < -0.3 is 15.1 Å². The van der Waals surface area contributed by atoms with Gasteiger partial charge in [-0.3, -0.25) is 4.79 Å². The molecule has 1 unspecified atom stereocenters. The number of likely N-dealkylation sites (tertiary alicyclic amines) is 1. The second kappa shape index (κ2) is 6.94. The molecule has 2 saturated heterocycles. The van der Waals surface area contributed by atoms with E-state index in [9.17, 15) is 4.79 Å². The molecule has 0 radical (unpaired) electrons. The minimum absolute atomic E-state index is 0.318. The number of hydrogen-bond donors (Lipinski definition) is 1. The van der Waals surface area contributed by atoms with E-state index in [1.54, 1.807) is 0 Å². The van der Waals surface area contributed by atoms with Crippen molar-refractivity contribution in [3.05, 3.63) is 30.3 Å². The Kier molecular flexibility index (Phi) is 4.76. The summed E-state index contributed by atoms with van der Waals surface area (Å²) in [5.41, 5.74) is 1.30. The van der Waals surface area contributed by atoms with Gasteiger partial charge in [-0.05, 0) is 31.4 Å². The van der Waals surface area contributed by atoms with Gasteiger partial charge in [-0.15, -0.1) is 0 Å². The van der Waals surface area contributed by atoms with Crippen molar-refractivity contribution in [3.63, 3.8) is 0 Å². The van der Waals surface area contributed by atoms with Gasteiger partial charge >= 0.3 is 0 Å². The third-order valence-electron chi connectivity index (χ3n) is 4.54. The van der Waals surface area contributed by atoms with E-state index in [1.165, 1.54) is 18.5 Å². The number of anilines is 1. The Labute approximate surface area is 127 Å². The maximum atomic E-state index is 12.0. The molecule has 1 amide bonds. The van der Waals surface area contributed by atoms with Crippen molar-refractivity contribution >= 4 is 11.6 Å². The Balaban J connectivity index is 1.38. The molecule has 2 heterocycles. The highest BCUT2D eigenvalue weighted by atomic mass is 16.2. The first-order valence-electron chi connectivity index (χ1n) is 8.14. The summed E-state index contributed by atoms with van der Waals surface area (Å²) in [6, 6.07) is 11.1. The average Bonchev–Trinajstić information content (AvgIpc) is 3.20. The molecule has 4 nitrogen and oxygen atoms in total. The van der Waals surface area contributed by atoms with Gasteiger partial charge in [0.25, 0.3) is 0 Å². The van der Waals surface area contributed by atoms with Crippen molar-refractivity contribution in [1.82, 2.24) is 10.2 Å². The molecule has 1 aromatic carbocycles. The van der Waals surface area contributed by atoms with Crippen LogP contribution in [0.5, 0.6) is 0 Å². The number of hydrogen-bond acceptors (Lipinski definition) is 3. The van der Waals surface area contributed by atoms with Gasteiger partial charge in [0.05, 0.1) is 0 Å². The van der Waals surface area contributed by atoms with Crippen LogP contribution in [0.25, 0.3) is 0 Å². The topological polar surface area (TPSA) is 35.6 Å². The monoisotopic (exact) mass is 287 g/mol. The van der Waals surface area contributed by atoms with Crippen LogP contribution in [0.4, 0.5) is 5.69 Å². The van der Waals surface area contributed by atoms with Crippen LogP contribution in [0, 0.1) is 0 Å². The van der Waals surface area contributed by atoms with Gasteiger partial charge in [0.2, 0.25) is 5.91 Å². The number of amides is 1. The lowest BCUT2D eigenvalue weighted by Crippen LogP contribution is -2.36. The fraction of sp³-hybridized carbons (Fsp3) is 0.588. The van der Waals surface area contributed by atoms with E-state index in [4.69, 9.17) is 0 Å². The van der Waals surface area contributed by atoms with E-state index in [0.717, 1.165) is 39.1 Å². The Morgan fingerprint density at radius 2 is 1.90 bits per heavy atom. The lowest BCUT2D eigenvalue weighted by atomic mass is 10.2. The average molecular weight is 287 g/mol. The molecular weight excluding hydrogens is 262 g/mol. The predicted octanol–water partition coefficient (Wildman–Crippen LogP) is 1.87. The van der Waals surface area contributed by atoms with Crippen molar-refractivity contribution in [2.24, 2.45) is 0 Å². The van der Waals surface area contributed by atoms with Crippen LogP contribution in [-0.2, 0) is 4.79 Å². The third-order valence-corrected chi connectivity index (χ3v) is 4.54. The molecule has 1 atom stereocenters. The van der Waals surface area contributed by atoms with Gasteiger partial charge in [0.1, 0.15) is 0 Å². The largest absolute Gasteiger partial charge is 0.370 e. The Morgan fingerprint density at radius 1 is 1.14 bits per heavy atom. The standard InChI is InChI=1S/C17H25N3O/c21-17(19-11-4-5-12-19)8-10-18-15-9-13-20(14-15)16-6-2-1-3-7-16/h1-3,6-7,15,18H,4-5,8-14H2. The van der Waals surface area contributed by atoms with E-state index in [0.29, 0.717) is 18.4 Å². The maximum absolute atomic E-state index is 12.0. The van der Waals surface area contributed by atoms with Gasteiger partial charge in [-0.25, -0.2) is 0 Å². The smallest absolute Gasteiger partial charge is 0.223 e. The van der Waals surface area contributed by atoms with Crippen molar-refractivity contribution in [2.75, 3.05) is 37.6 Å². The van der Waals surface area contributed by atoms with Gasteiger partial charge in [0, 0.05) is 50.9 Å². The summed E-state index contributed by atoms with van der Waals surface area (Å²) in [4.78, 5) is 16.4. The number of carbonyl (C=O) groups is 1. The van der Waals surface area contributed by atoms with Crippen LogP contribution in [0.3, 0.4) is 0 Å². The van der Waals surface area contributed by atoms with Crippen LogP contribution < -0.4 is 10.2 Å². The summed E-state index contributed by atoms with van der Waals surface area (Å²) < 4.78 is 0. The summed E-state index contributed by atoms with van der Waals surface area (Å²) in [7, 11) is 0. The van der Waals surface area contributed by atoms with Crippen molar-refractivity contribution in [3.8, 4) is 0 Å². The molecule has 2 aliphatic rings. The molecule has 4 heteroatoms. The molecule has 0 aromatic heterocycles. The molecule has 0 saturated carbocycles. The van der Waals surface area contributed by atoms with E-state index < -0.39 is 0 Å². The number of benzene rings is 1. The van der Waals surface area contributed by atoms with E-state index in [2.05, 4.69) is 40.5 Å². The quantitative estimate of drug-likeness (QED) is 0.898. The van der Waals surface area contributed by atoms with E-state index >= 15 is 0 Å². The molecule has 21 heavy (non-hydrogen) atoms. The molecular formula is C17H25N3O. The SMILES string of the molecule is O=C(CCNC1CCN(c2ccccc2)C1)N1CCCC1. The molecule has 0 aliphatic carbocycles. The molecule has 2 fully saturated rings. The summed E-state index contributed by atoms with van der Waals surface area (Å²) in [5, 5.41) is 3.55. The van der Waals surface area contributed by atoms with Gasteiger partial charge in [0.15, 0.2) is 0 Å². The molecule has 1 aromatic rings. The normalized spacial score (nSPS) is 22.0.